The van der Waals surface area contributed by atoms with Crippen molar-refractivity contribution < 1.29 is 9.90 Å². The SMILES string of the molecule is CCC1(Cn2c(SCC(=O)O)nc3cccnc32)CCC1. The second-order valence-corrected chi connectivity index (χ2v) is 6.66. The Hall–Kier alpha value is -1.56. The number of nitrogens with zero attached hydrogens (tertiary/aromatic N) is 3. The van der Waals surface area contributed by atoms with Crippen molar-refractivity contribution in [2.24, 2.45) is 5.41 Å². The molecular formula is C15H19N3O2S. The van der Waals surface area contributed by atoms with Crippen LogP contribution < -0.4 is 0 Å². The van der Waals surface area contributed by atoms with Crippen molar-refractivity contribution >= 4 is 28.9 Å². The van der Waals surface area contributed by atoms with Crippen molar-refractivity contribution in [3.8, 4) is 0 Å². The van der Waals surface area contributed by atoms with Gasteiger partial charge < -0.3 is 9.67 Å². The van der Waals surface area contributed by atoms with Gasteiger partial charge in [0.1, 0.15) is 5.52 Å². The number of carboxylic acid groups (broad SMARTS) is 1. The van der Waals surface area contributed by atoms with Gasteiger partial charge in [0.25, 0.3) is 0 Å². The fourth-order valence-electron chi connectivity index (χ4n) is 2.95. The Bertz CT molecular complexity index is 658. The van der Waals surface area contributed by atoms with E-state index in [0.717, 1.165) is 29.3 Å². The number of thioether (sulfide) groups is 1. The predicted molar refractivity (Wildman–Crippen MR) is 82.5 cm³/mol. The maximum atomic E-state index is 10.8. The minimum atomic E-state index is -0.819. The molecule has 1 aliphatic rings. The Kier molecular flexibility index (Phi) is 3.89. The van der Waals surface area contributed by atoms with Gasteiger partial charge in [-0.2, -0.15) is 0 Å². The quantitative estimate of drug-likeness (QED) is 0.830. The van der Waals surface area contributed by atoms with Gasteiger partial charge in [0.15, 0.2) is 10.8 Å². The summed E-state index contributed by atoms with van der Waals surface area (Å²) in [6, 6.07) is 3.80. The molecule has 0 radical (unpaired) electrons. The van der Waals surface area contributed by atoms with E-state index in [1.54, 1.807) is 6.20 Å². The van der Waals surface area contributed by atoms with Crippen molar-refractivity contribution in [1.29, 1.82) is 0 Å². The Morgan fingerprint density at radius 2 is 2.33 bits per heavy atom. The Morgan fingerprint density at radius 3 is 2.95 bits per heavy atom. The summed E-state index contributed by atoms with van der Waals surface area (Å²) in [6.45, 7) is 3.12. The monoisotopic (exact) mass is 305 g/mol. The third-order valence-electron chi connectivity index (χ3n) is 4.45. The molecule has 3 rings (SSSR count). The van der Waals surface area contributed by atoms with Crippen LogP contribution in [0.25, 0.3) is 11.2 Å². The topological polar surface area (TPSA) is 68.0 Å². The molecule has 2 aromatic heterocycles. The molecule has 1 fully saturated rings. The molecule has 5 nitrogen and oxygen atoms in total. The highest BCUT2D eigenvalue weighted by atomic mass is 32.2. The first-order valence-electron chi connectivity index (χ1n) is 7.29. The highest BCUT2D eigenvalue weighted by Gasteiger charge is 2.36. The maximum absolute atomic E-state index is 10.8. The Balaban J connectivity index is 1.96. The molecule has 0 bridgehead atoms. The summed E-state index contributed by atoms with van der Waals surface area (Å²) in [6.07, 6.45) is 6.66. The van der Waals surface area contributed by atoms with E-state index in [9.17, 15) is 4.79 Å². The van der Waals surface area contributed by atoms with E-state index in [-0.39, 0.29) is 5.75 Å². The number of aromatic nitrogens is 3. The molecule has 0 aromatic carbocycles. The number of carbonyl (C=O) groups is 1. The van der Waals surface area contributed by atoms with Crippen molar-refractivity contribution in [3.63, 3.8) is 0 Å². The summed E-state index contributed by atoms with van der Waals surface area (Å²) in [7, 11) is 0. The summed E-state index contributed by atoms with van der Waals surface area (Å²) in [5, 5.41) is 9.67. The zero-order chi connectivity index (χ0) is 14.9. The van der Waals surface area contributed by atoms with Crippen LogP contribution in [0.15, 0.2) is 23.5 Å². The molecule has 0 unspecified atom stereocenters. The molecule has 0 atom stereocenters. The van der Waals surface area contributed by atoms with E-state index in [1.807, 2.05) is 12.1 Å². The third kappa shape index (κ3) is 2.77. The first kappa shape index (κ1) is 14.4. The highest BCUT2D eigenvalue weighted by molar-refractivity contribution is 7.99. The third-order valence-corrected chi connectivity index (χ3v) is 5.41. The Morgan fingerprint density at radius 1 is 1.52 bits per heavy atom. The van der Waals surface area contributed by atoms with Crippen molar-refractivity contribution in [2.45, 2.75) is 44.3 Å². The molecule has 112 valence electrons. The van der Waals surface area contributed by atoms with Crippen LogP contribution in [0.1, 0.15) is 32.6 Å². The summed E-state index contributed by atoms with van der Waals surface area (Å²) < 4.78 is 2.12. The molecule has 21 heavy (non-hydrogen) atoms. The lowest BCUT2D eigenvalue weighted by molar-refractivity contribution is -0.133. The Labute approximate surface area is 127 Å². The van der Waals surface area contributed by atoms with Gasteiger partial charge in [0.05, 0.1) is 5.75 Å². The normalized spacial score (nSPS) is 16.8. The van der Waals surface area contributed by atoms with Crippen LogP contribution in [0.2, 0.25) is 0 Å². The first-order chi connectivity index (χ1) is 10.1. The summed E-state index contributed by atoms with van der Waals surface area (Å²) in [5.74, 6) is -0.789. The number of pyridine rings is 1. The second-order valence-electron chi connectivity index (χ2n) is 5.72. The molecule has 0 amide bonds. The zero-order valence-electron chi connectivity index (χ0n) is 12.1. The number of carboxylic acids is 1. The maximum Gasteiger partial charge on any atom is 0.313 e. The van der Waals surface area contributed by atoms with Gasteiger partial charge in [-0.25, -0.2) is 9.97 Å². The highest BCUT2D eigenvalue weighted by Crippen LogP contribution is 2.46. The van der Waals surface area contributed by atoms with Gasteiger partial charge in [0.2, 0.25) is 0 Å². The van der Waals surface area contributed by atoms with Gasteiger partial charge in [-0.3, -0.25) is 4.79 Å². The number of hydrogen-bond donors (Lipinski definition) is 1. The zero-order valence-corrected chi connectivity index (χ0v) is 12.9. The molecule has 0 spiro atoms. The number of rotatable bonds is 6. The summed E-state index contributed by atoms with van der Waals surface area (Å²) in [5.41, 5.74) is 2.05. The molecule has 1 N–H and O–H groups in total. The molecule has 1 saturated carbocycles. The summed E-state index contributed by atoms with van der Waals surface area (Å²) in [4.78, 5) is 19.8. The van der Waals surface area contributed by atoms with E-state index >= 15 is 0 Å². The average Bonchev–Trinajstić information content (AvgIpc) is 2.78. The lowest BCUT2D eigenvalue weighted by Gasteiger charge is -2.41. The smallest absolute Gasteiger partial charge is 0.313 e. The van der Waals surface area contributed by atoms with Gasteiger partial charge in [-0.1, -0.05) is 25.1 Å². The molecule has 1 aliphatic carbocycles. The lowest BCUT2D eigenvalue weighted by atomic mass is 9.67. The van der Waals surface area contributed by atoms with E-state index in [4.69, 9.17) is 5.11 Å². The van der Waals surface area contributed by atoms with Crippen LogP contribution >= 0.6 is 11.8 Å². The standard InChI is InChI=1S/C15H19N3O2S/c1-2-15(6-4-7-15)10-18-13-11(5-3-8-16-13)17-14(18)21-9-12(19)20/h3,5,8H,2,4,6-7,9-10H2,1H3,(H,19,20). The second kappa shape index (κ2) is 5.67. The van der Waals surface area contributed by atoms with E-state index in [2.05, 4.69) is 21.5 Å². The molecular weight excluding hydrogens is 286 g/mol. The molecule has 0 aliphatic heterocycles. The summed E-state index contributed by atoms with van der Waals surface area (Å²) >= 11 is 1.28. The fraction of sp³-hybridized carbons (Fsp3) is 0.533. The van der Waals surface area contributed by atoms with E-state index in [1.165, 1.54) is 31.0 Å². The van der Waals surface area contributed by atoms with Crippen molar-refractivity contribution in [2.75, 3.05) is 5.75 Å². The van der Waals surface area contributed by atoms with Crippen LogP contribution in [0, 0.1) is 5.41 Å². The molecule has 2 aromatic rings. The first-order valence-corrected chi connectivity index (χ1v) is 8.28. The van der Waals surface area contributed by atoms with Crippen LogP contribution in [-0.2, 0) is 11.3 Å². The van der Waals surface area contributed by atoms with Crippen LogP contribution in [0.5, 0.6) is 0 Å². The van der Waals surface area contributed by atoms with Crippen molar-refractivity contribution in [3.05, 3.63) is 18.3 Å². The minimum absolute atomic E-state index is 0.0302. The van der Waals surface area contributed by atoms with E-state index in [0.29, 0.717) is 5.41 Å². The fourth-order valence-corrected chi connectivity index (χ4v) is 3.67. The number of aliphatic carboxylic acids is 1. The van der Waals surface area contributed by atoms with Crippen LogP contribution in [0.3, 0.4) is 0 Å². The number of fused-ring (bicyclic) bond motifs is 1. The average molecular weight is 305 g/mol. The number of hydrogen-bond acceptors (Lipinski definition) is 4. The molecule has 0 saturated heterocycles. The number of imidazole rings is 1. The van der Waals surface area contributed by atoms with Crippen molar-refractivity contribution in [1.82, 2.24) is 14.5 Å². The van der Waals surface area contributed by atoms with Gasteiger partial charge >= 0.3 is 5.97 Å². The van der Waals surface area contributed by atoms with Gasteiger partial charge in [-0.05, 0) is 36.8 Å². The van der Waals surface area contributed by atoms with Crippen LogP contribution in [-0.4, -0.2) is 31.4 Å². The van der Waals surface area contributed by atoms with Gasteiger partial charge in [-0.15, -0.1) is 0 Å². The predicted octanol–water partition coefficient (Wildman–Crippen LogP) is 3.19. The lowest BCUT2D eigenvalue weighted by Crippen LogP contribution is -2.33. The van der Waals surface area contributed by atoms with E-state index < -0.39 is 5.97 Å². The van der Waals surface area contributed by atoms with Gasteiger partial charge in [0, 0.05) is 12.7 Å². The minimum Gasteiger partial charge on any atom is -0.481 e. The van der Waals surface area contributed by atoms with Crippen LogP contribution in [0.4, 0.5) is 0 Å². The molecule has 6 heteroatoms. The largest absolute Gasteiger partial charge is 0.481 e. The molecule has 2 heterocycles.